The fourth-order valence-corrected chi connectivity index (χ4v) is 3.36. The highest BCUT2D eigenvalue weighted by Gasteiger charge is 2.25. The summed E-state index contributed by atoms with van der Waals surface area (Å²) in [6.45, 7) is 0. The molecule has 0 aliphatic carbocycles. The zero-order valence-corrected chi connectivity index (χ0v) is 13.6. The lowest BCUT2D eigenvalue weighted by atomic mass is 10.3. The predicted octanol–water partition coefficient (Wildman–Crippen LogP) is 3.32. The Bertz CT molecular complexity index is 842. The number of nitro groups is 1. The SMILES string of the molecule is CN(c1ccc(Br)cc1F)S(=O)(=O)c1cccc([N+](=O)[O-])c1. The van der Waals surface area contributed by atoms with Gasteiger partial charge in [0.15, 0.2) is 0 Å². The second kappa shape index (κ2) is 6.01. The first-order valence-electron chi connectivity index (χ1n) is 5.92. The van der Waals surface area contributed by atoms with E-state index in [0.717, 1.165) is 16.4 Å². The van der Waals surface area contributed by atoms with Crippen molar-refractivity contribution in [3.05, 3.63) is 62.9 Å². The summed E-state index contributed by atoms with van der Waals surface area (Å²) in [5, 5.41) is 10.7. The van der Waals surface area contributed by atoms with E-state index in [9.17, 15) is 22.9 Å². The molecule has 116 valence electrons. The van der Waals surface area contributed by atoms with Gasteiger partial charge in [-0.2, -0.15) is 0 Å². The molecule has 9 heteroatoms. The average Bonchev–Trinajstić information content (AvgIpc) is 2.46. The molecule has 0 radical (unpaired) electrons. The molecule has 0 heterocycles. The molecule has 2 rings (SSSR count). The van der Waals surface area contributed by atoms with Gasteiger partial charge < -0.3 is 0 Å². The van der Waals surface area contributed by atoms with E-state index in [4.69, 9.17) is 0 Å². The molecular formula is C13H10BrFN2O4S. The van der Waals surface area contributed by atoms with Crippen LogP contribution in [-0.4, -0.2) is 20.4 Å². The van der Waals surface area contributed by atoms with E-state index in [1.165, 1.54) is 37.4 Å². The first-order valence-corrected chi connectivity index (χ1v) is 8.15. The number of halogens is 2. The zero-order chi connectivity index (χ0) is 16.5. The van der Waals surface area contributed by atoms with Gasteiger partial charge >= 0.3 is 0 Å². The Labute approximate surface area is 134 Å². The van der Waals surface area contributed by atoms with E-state index in [-0.39, 0.29) is 16.3 Å². The van der Waals surface area contributed by atoms with Crippen LogP contribution in [0.5, 0.6) is 0 Å². The second-order valence-corrected chi connectivity index (χ2v) is 7.21. The van der Waals surface area contributed by atoms with Crippen LogP contribution < -0.4 is 4.31 Å². The summed E-state index contributed by atoms with van der Waals surface area (Å²) in [6, 6.07) is 8.52. The van der Waals surface area contributed by atoms with Gasteiger partial charge in [-0.05, 0) is 24.3 Å². The highest BCUT2D eigenvalue weighted by molar-refractivity contribution is 9.10. The summed E-state index contributed by atoms with van der Waals surface area (Å²) < 4.78 is 40.1. The Kier molecular flexibility index (Phi) is 4.47. The Hall–Kier alpha value is -2.00. The van der Waals surface area contributed by atoms with E-state index in [0.29, 0.717) is 4.47 Å². The van der Waals surface area contributed by atoms with Gasteiger partial charge in [0.05, 0.1) is 15.5 Å². The van der Waals surface area contributed by atoms with Gasteiger partial charge in [0.2, 0.25) is 0 Å². The van der Waals surface area contributed by atoms with Crippen LogP contribution in [0.1, 0.15) is 0 Å². The largest absolute Gasteiger partial charge is 0.270 e. The number of sulfonamides is 1. The molecule has 0 aliphatic rings. The minimum Gasteiger partial charge on any atom is -0.266 e. The Balaban J connectivity index is 2.49. The Morgan fingerprint density at radius 3 is 2.50 bits per heavy atom. The summed E-state index contributed by atoms with van der Waals surface area (Å²) in [6.07, 6.45) is 0. The summed E-state index contributed by atoms with van der Waals surface area (Å²) in [5.41, 5.74) is -0.513. The van der Waals surface area contributed by atoms with Gasteiger partial charge in [-0.3, -0.25) is 14.4 Å². The van der Waals surface area contributed by atoms with Crippen LogP contribution in [0.2, 0.25) is 0 Å². The van der Waals surface area contributed by atoms with E-state index < -0.39 is 20.8 Å². The standard InChI is InChI=1S/C13H10BrFN2O4S/c1-16(13-6-5-9(14)7-12(13)15)22(20,21)11-4-2-3-10(8-11)17(18)19/h2-8H,1H3. The van der Waals surface area contributed by atoms with Crippen molar-refractivity contribution in [1.29, 1.82) is 0 Å². The van der Waals surface area contributed by atoms with Crippen molar-refractivity contribution in [3.8, 4) is 0 Å². The minimum absolute atomic E-state index is 0.158. The average molecular weight is 389 g/mol. The Morgan fingerprint density at radius 1 is 1.23 bits per heavy atom. The van der Waals surface area contributed by atoms with Gasteiger partial charge in [-0.15, -0.1) is 0 Å². The molecule has 22 heavy (non-hydrogen) atoms. The third-order valence-electron chi connectivity index (χ3n) is 2.94. The van der Waals surface area contributed by atoms with E-state index >= 15 is 0 Å². The van der Waals surface area contributed by atoms with Crippen molar-refractivity contribution in [2.45, 2.75) is 4.90 Å². The molecule has 0 fully saturated rings. The van der Waals surface area contributed by atoms with Crippen LogP contribution in [0.3, 0.4) is 0 Å². The minimum atomic E-state index is -4.11. The summed E-state index contributed by atoms with van der Waals surface area (Å²) in [5.74, 6) is -0.731. The summed E-state index contributed by atoms with van der Waals surface area (Å²) in [7, 11) is -2.93. The number of non-ortho nitro benzene ring substituents is 1. The normalized spacial score (nSPS) is 11.2. The maximum absolute atomic E-state index is 13.9. The van der Waals surface area contributed by atoms with Crippen LogP contribution in [0.4, 0.5) is 15.8 Å². The first kappa shape index (κ1) is 16.4. The lowest BCUT2D eigenvalue weighted by Crippen LogP contribution is -2.27. The van der Waals surface area contributed by atoms with Crippen LogP contribution in [-0.2, 0) is 10.0 Å². The predicted molar refractivity (Wildman–Crippen MR) is 82.8 cm³/mol. The number of anilines is 1. The van der Waals surface area contributed by atoms with Crippen LogP contribution in [0, 0.1) is 15.9 Å². The van der Waals surface area contributed by atoms with Gasteiger partial charge in [0, 0.05) is 23.7 Å². The van der Waals surface area contributed by atoms with E-state index in [1.807, 2.05) is 0 Å². The first-order chi connectivity index (χ1) is 10.2. The van der Waals surface area contributed by atoms with Crippen molar-refractivity contribution < 1.29 is 17.7 Å². The maximum atomic E-state index is 13.9. The summed E-state index contributed by atoms with van der Waals surface area (Å²) in [4.78, 5) is 9.76. The molecule has 0 saturated carbocycles. The van der Waals surface area contributed by atoms with Crippen molar-refractivity contribution in [3.63, 3.8) is 0 Å². The van der Waals surface area contributed by atoms with Crippen molar-refractivity contribution in [2.24, 2.45) is 0 Å². The van der Waals surface area contributed by atoms with Gasteiger partial charge in [-0.1, -0.05) is 22.0 Å². The molecule has 6 nitrogen and oxygen atoms in total. The summed E-state index contributed by atoms with van der Waals surface area (Å²) >= 11 is 3.08. The van der Waals surface area contributed by atoms with Crippen molar-refractivity contribution in [2.75, 3.05) is 11.4 Å². The number of hydrogen-bond acceptors (Lipinski definition) is 4. The highest BCUT2D eigenvalue weighted by atomic mass is 79.9. The molecule has 0 unspecified atom stereocenters. The van der Waals surface area contributed by atoms with Crippen molar-refractivity contribution >= 4 is 37.3 Å². The quantitative estimate of drug-likeness (QED) is 0.594. The molecule has 0 saturated heterocycles. The van der Waals surface area contributed by atoms with Crippen molar-refractivity contribution in [1.82, 2.24) is 0 Å². The molecule has 0 spiro atoms. The van der Waals surface area contributed by atoms with Crippen LogP contribution in [0.25, 0.3) is 0 Å². The number of nitro benzene ring substituents is 1. The van der Waals surface area contributed by atoms with Gasteiger partial charge in [-0.25, -0.2) is 12.8 Å². The molecule has 2 aromatic carbocycles. The fraction of sp³-hybridized carbons (Fsp3) is 0.0769. The molecular weight excluding hydrogens is 379 g/mol. The molecule has 0 aromatic heterocycles. The van der Waals surface area contributed by atoms with E-state index in [2.05, 4.69) is 15.9 Å². The molecule has 0 bridgehead atoms. The fourth-order valence-electron chi connectivity index (χ4n) is 1.78. The smallest absolute Gasteiger partial charge is 0.266 e. The second-order valence-electron chi connectivity index (χ2n) is 4.32. The molecule has 0 amide bonds. The monoisotopic (exact) mass is 388 g/mol. The van der Waals surface area contributed by atoms with E-state index in [1.54, 1.807) is 0 Å². The topological polar surface area (TPSA) is 80.5 Å². The Morgan fingerprint density at radius 2 is 1.91 bits per heavy atom. The molecule has 0 N–H and O–H groups in total. The lowest BCUT2D eigenvalue weighted by Gasteiger charge is -2.20. The molecule has 0 aliphatic heterocycles. The van der Waals surface area contributed by atoms with Gasteiger partial charge in [0.25, 0.3) is 15.7 Å². The zero-order valence-electron chi connectivity index (χ0n) is 11.2. The third kappa shape index (κ3) is 3.09. The molecule has 0 atom stereocenters. The maximum Gasteiger partial charge on any atom is 0.270 e. The third-order valence-corrected chi connectivity index (χ3v) is 5.20. The van der Waals surface area contributed by atoms with Crippen LogP contribution in [0.15, 0.2) is 51.8 Å². The lowest BCUT2D eigenvalue weighted by molar-refractivity contribution is -0.385. The number of nitrogens with zero attached hydrogens (tertiary/aromatic N) is 2. The molecule has 2 aromatic rings. The number of rotatable bonds is 4. The number of hydrogen-bond donors (Lipinski definition) is 0. The highest BCUT2D eigenvalue weighted by Crippen LogP contribution is 2.28. The van der Waals surface area contributed by atoms with Gasteiger partial charge in [0.1, 0.15) is 5.82 Å². The number of benzene rings is 2. The van der Waals surface area contributed by atoms with Crippen LogP contribution >= 0.6 is 15.9 Å².